The molecule has 0 radical (unpaired) electrons. The summed E-state index contributed by atoms with van der Waals surface area (Å²) in [6.45, 7) is 1.24. The van der Waals surface area contributed by atoms with Crippen molar-refractivity contribution >= 4 is 34.4 Å². The summed E-state index contributed by atoms with van der Waals surface area (Å²) in [5.74, 6) is 0.309. The third kappa shape index (κ3) is 3.75. The van der Waals surface area contributed by atoms with Crippen molar-refractivity contribution in [1.29, 1.82) is 0 Å². The van der Waals surface area contributed by atoms with Gasteiger partial charge in [-0.1, -0.05) is 17.7 Å². The molecule has 2 aromatic heterocycles. The van der Waals surface area contributed by atoms with Crippen LogP contribution in [-0.4, -0.2) is 51.6 Å². The number of fused-ring (bicyclic) bond motifs is 1. The van der Waals surface area contributed by atoms with Gasteiger partial charge in [0.1, 0.15) is 0 Å². The molecular weight excluding hydrogens is 426 g/mol. The summed E-state index contributed by atoms with van der Waals surface area (Å²) in [6.07, 6.45) is 4.00. The molecule has 2 amide bonds. The van der Waals surface area contributed by atoms with Gasteiger partial charge in [0.25, 0.3) is 11.8 Å². The molecular formula is C24H26ClN5O2. The number of nitrogens with zero attached hydrogens (tertiary/aromatic N) is 4. The van der Waals surface area contributed by atoms with E-state index >= 15 is 0 Å². The van der Waals surface area contributed by atoms with Gasteiger partial charge in [-0.2, -0.15) is 5.10 Å². The number of amides is 2. The fourth-order valence-corrected chi connectivity index (χ4v) is 4.86. The summed E-state index contributed by atoms with van der Waals surface area (Å²) in [5.41, 5.74) is 3.76. The van der Waals surface area contributed by atoms with Gasteiger partial charge in [0.2, 0.25) is 0 Å². The lowest BCUT2D eigenvalue weighted by Gasteiger charge is -2.32. The second-order valence-electron chi connectivity index (χ2n) is 8.76. The first kappa shape index (κ1) is 20.9. The molecule has 5 rings (SSSR count). The predicted octanol–water partition coefficient (Wildman–Crippen LogP) is 3.88. The molecule has 1 saturated carbocycles. The third-order valence-corrected chi connectivity index (χ3v) is 6.71. The van der Waals surface area contributed by atoms with Crippen molar-refractivity contribution in [1.82, 2.24) is 25.0 Å². The molecule has 2 aliphatic rings. The number of piperidine rings is 1. The van der Waals surface area contributed by atoms with E-state index in [4.69, 9.17) is 21.7 Å². The van der Waals surface area contributed by atoms with Gasteiger partial charge >= 0.3 is 0 Å². The van der Waals surface area contributed by atoms with Gasteiger partial charge in [0.05, 0.1) is 16.6 Å². The topological polar surface area (TPSA) is 80.1 Å². The number of nitrogens with one attached hydrogen (secondary N) is 1. The van der Waals surface area contributed by atoms with Gasteiger partial charge in [-0.25, -0.2) is 4.98 Å². The van der Waals surface area contributed by atoms with Crippen LogP contribution >= 0.6 is 11.6 Å². The molecule has 3 aromatic rings. The normalized spacial score (nSPS) is 18.7. The molecule has 0 bridgehead atoms. The summed E-state index contributed by atoms with van der Waals surface area (Å²) >= 11 is 6.09. The molecule has 1 saturated heterocycles. The maximum Gasteiger partial charge on any atom is 0.253 e. The van der Waals surface area contributed by atoms with Crippen LogP contribution in [0.4, 0.5) is 0 Å². The lowest BCUT2D eigenvalue weighted by Crippen LogP contribution is -2.39. The number of carbonyl (C=O) groups is 2. The Labute approximate surface area is 191 Å². The Bertz CT molecular complexity index is 1220. The van der Waals surface area contributed by atoms with Crippen molar-refractivity contribution in [2.45, 2.75) is 37.5 Å². The number of hydrogen-bond acceptors (Lipinski definition) is 4. The Kier molecular flexibility index (Phi) is 5.37. The summed E-state index contributed by atoms with van der Waals surface area (Å²) in [6, 6.07) is 8.99. The number of carbonyl (C=O) groups excluding carboxylic acids is 2. The number of hydrogen-bond donors (Lipinski definition) is 1. The number of benzene rings is 1. The van der Waals surface area contributed by atoms with E-state index in [2.05, 4.69) is 5.32 Å². The molecule has 1 atom stereocenters. The minimum atomic E-state index is -0.129. The SMILES string of the molecule is CNC(=O)c1cc(C2CC2)nc2c1c(C1CCCN(C(=O)c3cccc(Cl)c3)C1)nn2C. The average molecular weight is 452 g/mol. The molecule has 8 heteroatoms. The van der Waals surface area contributed by atoms with E-state index in [9.17, 15) is 9.59 Å². The first-order valence-electron chi connectivity index (χ1n) is 11.1. The van der Waals surface area contributed by atoms with Gasteiger partial charge in [-0.3, -0.25) is 14.3 Å². The predicted molar refractivity (Wildman–Crippen MR) is 123 cm³/mol. The Hall–Kier alpha value is -2.93. The standard InChI is InChI=1S/C24H26ClN5O2/c1-26-23(31)18-12-19(14-8-9-14)27-22-20(18)21(28-29(22)2)16-6-4-10-30(13-16)24(32)15-5-3-7-17(25)11-15/h3,5,7,11-12,14,16H,4,6,8-10,13H2,1-2H3,(H,26,31). The summed E-state index contributed by atoms with van der Waals surface area (Å²) in [7, 11) is 3.52. The van der Waals surface area contributed by atoms with Crippen LogP contribution in [0.15, 0.2) is 30.3 Å². The minimum Gasteiger partial charge on any atom is -0.355 e. The zero-order valence-corrected chi connectivity index (χ0v) is 19.0. The van der Waals surface area contributed by atoms with Crippen LogP contribution < -0.4 is 5.32 Å². The van der Waals surface area contributed by atoms with Crippen LogP contribution in [0.5, 0.6) is 0 Å². The first-order chi connectivity index (χ1) is 15.5. The lowest BCUT2D eigenvalue weighted by molar-refractivity contribution is 0.0705. The van der Waals surface area contributed by atoms with Crippen LogP contribution in [0, 0.1) is 0 Å². The summed E-state index contributed by atoms with van der Waals surface area (Å²) in [4.78, 5) is 32.6. The number of halogens is 1. The van der Waals surface area contributed by atoms with Crippen molar-refractivity contribution < 1.29 is 9.59 Å². The van der Waals surface area contributed by atoms with Crippen LogP contribution in [0.25, 0.3) is 11.0 Å². The van der Waals surface area contributed by atoms with E-state index in [1.165, 1.54) is 0 Å². The highest BCUT2D eigenvalue weighted by Crippen LogP contribution is 2.41. The molecule has 1 aromatic carbocycles. The zero-order valence-electron chi connectivity index (χ0n) is 18.3. The van der Waals surface area contributed by atoms with E-state index in [-0.39, 0.29) is 17.7 Å². The number of aryl methyl sites for hydroxylation is 1. The Morgan fingerprint density at radius 2 is 1.97 bits per heavy atom. The highest BCUT2D eigenvalue weighted by molar-refractivity contribution is 6.31. The fourth-order valence-electron chi connectivity index (χ4n) is 4.67. The largest absolute Gasteiger partial charge is 0.355 e. The Balaban J connectivity index is 1.52. The molecule has 166 valence electrons. The van der Waals surface area contributed by atoms with Crippen molar-refractivity contribution in [3.63, 3.8) is 0 Å². The van der Waals surface area contributed by atoms with Gasteiger partial charge in [0.15, 0.2) is 5.65 Å². The number of aromatic nitrogens is 3. The molecule has 1 aliphatic heterocycles. The quantitative estimate of drug-likeness (QED) is 0.652. The zero-order chi connectivity index (χ0) is 22.4. The van der Waals surface area contributed by atoms with Crippen molar-refractivity contribution in [3.8, 4) is 0 Å². The average Bonchev–Trinajstić information content (AvgIpc) is 3.61. The van der Waals surface area contributed by atoms with Crippen molar-refractivity contribution in [3.05, 3.63) is 57.9 Å². The fraction of sp³-hybridized carbons (Fsp3) is 0.417. The molecule has 1 aliphatic carbocycles. The molecule has 1 unspecified atom stereocenters. The molecule has 0 spiro atoms. The van der Waals surface area contributed by atoms with Gasteiger partial charge < -0.3 is 10.2 Å². The highest BCUT2D eigenvalue weighted by Gasteiger charge is 2.33. The van der Waals surface area contributed by atoms with E-state index in [0.717, 1.165) is 48.1 Å². The maximum absolute atomic E-state index is 13.1. The number of pyridine rings is 1. The molecule has 2 fully saturated rings. The van der Waals surface area contributed by atoms with Crippen LogP contribution in [-0.2, 0) is 7.05 Å². The van der Waals surface area contributed by atoms with Crippen LogP contribution in [0.3, 0.4) is 0 Å². The molecule has 3 heterocycles. The van der Waals surface area contributed by atoms with Gasteiger partial charge in [0, 0.05) is 55.3 Å². The van der Waals surface area contributed by atoms with Crippen LogP contribution in [0.1, 0.15) is 69.6 Å². The molecule has 32 heavy (non-hydrogen) atoms. The minimum absolute atomic E-state index is 0.0295. The molecule has 7 nitrogen and oxygen atoms in total. The summed E-state index contributed by atoms with van der Waals surface area (Å²) in [5, 5.41) is 8.93. The lowest BCUT2D eigenvalue weighted by atomic mass is 9.91. The van der Waals surface area contributed by atoms with Gasteiger partial charge in [-0.05, 0) is 49.9 Å². The van der Waals surface area contributed by atoms with E-state index < -0.39 is 0 Å². The Morgan fingerprint density at radius 3 is 2.69 bits per heavy atom. The second-order valence-corrected chi connectivity index (χ2v) is 9.19. The van der Waals surface area contributed by atoms with Gasteiger partial charge in [-0.15, -0.1) is 0 Å². The third-order valence-electron chi connectivity index (χ3n) is 6.47. The monoisotopic (exact) mass is 451 g/mol. The number of rotatable bonds is 4. The highest BCUT2D eigenvalue weighted by atomic mass is 35.5. The van der Waals surface area contributed by atoms with E-state index in [1.807, 2.05) is 18.0 Å². The maximum atomic E-state index is 13.1. The van der Waals surface area contributed by atoms with E-state index in [0.29, 0.717) is 35.2 Å². The smallest absolute Gasteiger partial charge is 0.253 e. The van der Waals surface area contributed by atoms with Crippen molar-refractivity contribution in [2.24, 2.45) is 7.05 Å². The van der Waals surface area contributed by atoms with Crippen LogP contribution in [0.2, 0.25) is 5.02 Å². The Morgan fingerprint density at radius 1 is 1.16 bits per heavy atom. The molecule has 1 N–H and O–H groups in total. The van der Waals surface area contributed by atoms with Crippen molar-refractivity contribution in [2.75, 3.05) is 20.1 Å². The number of likely N-dealkylation sites (tertiary alicyclic amines) is 1. The second kappa shape index (κ2) is 8.20. The first-order valence-corrected chi connectivity index (χ1v) is 11.5. The van der Waals surface area contributed by atoms with E-state index in [1.54, 1.807) is 36.0 Å². The summed E-state index contributed by atoms with van der Waals surface area (Å²) < 4.78 is 1.78.